The van der Waals surface area contributed by atoms with Crippen molar-refractivity contribution in [2.75, 3.05) is 10.6 Å². The van der Waals surface area contributed by atoms with Crippen LogP contribution in [0.3, 0.4) is 0 Å². The average molecular weight is 309 g/mol. The Kier molecular flexibility index (Phi) is 4.73. The summed E-state index contributed by atoms with van der Waals surface area (Å²) in [6.45, 7) is 0.955. The largest absolute Gasteiger partial charge is 0.366 e. The highest BCUT2D eigenvalue weighted by atomic mass is 19.1. The quantitative estimate of drug-likeness (QED) is 0.732. The van der Waals surface area contributed by atoms with Gasteiger partial charge in [-0.1, -0.05) is 24.3 Å². The minimum absolute atomic E-state index is 0.245. The Bertz CT molecular complexity index is 764. The lowest BCUT2D eigenvalue weighted by molar-refractivity contribution is 0.612. The summed E-state index contributed by atoms with van der Waals surface area (Å²) < 4.78 is 13.6. The molecule has 0 unspecified atom stereocenters. The molecule has 0 fully saturated rings. The van der Waals surface area contributed by atoms with Gasteiger partial charge in [-0.2, -0.15) is 4.98 Å². The Morgan fingerprint density at radius 1 is 0.913 bits per heavy atom. The van der Waals surface area contributed by atoms with Crippen LogP contribution in [-0.4, -0.2) is 15.0 Å². The maximum absolute atomic E-state index is 13.6. The molecule has 2 heterocycles. The number of halogens is 1. The molecule has 0 spiro atoms. The molecule has 3 aromatic rings. The molecular formula is C17H16FN5. The van der Waals surface area contributed by atoms with Gasteiger partial charge in [-0.25, -0.2) is 9.37 Å². The van der Waals surface area contributed by atoms with Gasteiger partial charge in [-0.15, -0.1) is 0 Å². The molecular weight excluding hydrogens is 293 g/mol. The second kappa shape index (κ2) is 7.31. The van der Waals surface area contributed by atoms with Crippen molar-refractivity contribution in [2.24, 2.45) is 0 Å². The van der Waals surface area contributed by atoms with Gasteiger partial charge in [0.2, 0.25) is 5.95 Å². The van der Waals surface area contributed by atoms with E-state index >= 15 is 0 Å². The van der Waals surface area contributed by atoms with Gasteiger partial charge < -0.3 is 10.6 Å². The summed E-state index contributed by atoms with van der Waals surface area (Å²) in [6.07, 6.45) is 5.19. The van der Waals surface area contributed by atoms with Crippen LogP contribution in [0.1, 0.15) is 11.1 Å². The molecule has 3 rings (SSSR count). The summed E-state index contributed by atoms with van der Waals surface area (Å²) in [7, 11) is 0. The predicted octanol–water partition coefficient (Wildman–Crippen LogP) is 3.23. The molecule has 0 aliphatic heterocycles. The Labute approximate surface area is 133 Å². The zero-order valence-corrected chi connectivity index (χ0v) is 12.4. The first-order chi connectivity index (χ1) is 11.3. The van der Waals surface area contributed by atoms with Gasteiger partial charge in [0, 0.05) is 37.2 Å². The number of benzene rings is 1. The van der Waals surface area contributed by atoms with Gasteiger partial charge in [-0.05, 0) is 23.8 Å². The highest BCUT2D eigenvalue weighted by Crippen LogP contribution is 2.11. The SMILES string of the molecule is Fc1ccccc1CNc1nccc(NCc2cccnc2)n1. The van der Waals surface area contributed by atoms with Gasteiger partial charge in [0.1, 0.15) is 11.6 Å². The first kappa shape index (κ1) is 14.9. The van der Waals surface area contributed by atoms with E-state index < -0.39 is 0 Å². The smallest absolute Gasteiger partial charge is 0.224 e. The molecule has 116 valence electrons. The van der Waals surface area contributed by atoms with Gasteiger partial charge in [0.25, 0.3) is 0 Å². The number of nitrogens with zero attached hydrogens (tertiary/aromatic N) is 3. The fourth-order valence-corrected chi connectivity index (χ4v) is 2.05. The maximum atomic E-state index is 13.6. The van der Waals surface area contributed by atoms with Crippen molar-refractivity contribution >= 4 is 11.8 Å². The van der Waals surface area contributed by atoms with E-state index in [4.69, 9.17) is 0 Å². The van der Waals surface area contributed by atoms with Crippen LogP contribution in [0.25, 0.3) is 0 Å². The van der Waals surface area contributed by atoms with E-state index in [9.17, 15) is 4.39 Å². The monoisotopic (exact) mass is 309 g/mol. The number of aromatic nitrogens is 3. The van der Waals surface area contributed by atoms with Crippen molar-refractivity contribution in [3.8, 4) is 0 Å². The Morgan fingerprint density at radius 3 is 2.65 bits per heavy atom. The van der Waals surface area contributed by atoms with Crippen LogP contribution in [0.4, 0.5) is 16.2 Å². The molecule has 0 amide bonds. The summed E-state index contributed by atoms with van der Waals surface area (Å²) in [6, 6.07) is 12.3. The van der Waals surface area contributed by atoms with Crippen molar-refractivity contribution in [2.45, 2.75) is 13.1 Å². The van der Waals surface area contributed by atoms with E-state index in [1.54, 1.807) is 42.9 Å². The van der Waals surface area contributed by atoms with E-state index in [1.807, 2.05) is 12.1 Å². The predicted molar refractivity (Wildman–Crippen MR) is 87.3 cm³/mol. The lowest BCUT2D eigenvalue weighted by Crippen LogP contribution is -2.07. The van der Waals surface area contributed by atoms with Crippen LogP contribution in [-0.2, 0) is 13.1 Å². The highest BCUT2D eigenvalue weighted by molar-refractivity contribution is 5.40. The topological polar surface area (TPSA) is 62.7 Å². The third kappa shape index (κ3) is 4.23. The Balaban J connectivity index is 1.60. The molecule has 0 radical (unpaired) electrons. The zero-order chi connectivity index (χ0) is 15.9. The van der Waals surface area contributed by atoms with Crippen molar-refractivity contribution in [1.82, 2.24) is 15.0 Å². The molecule has 0 atom stereocenters. The van der Waals surface area contributed by atoms with E-state index in [0.29, 0.717) is 30.4 Å². The number of pyridine rings is 1. The number of anilines is 2. The summed E-state index contributed by atoms with van der Waals surface area (Å²) >= 11 is 0. The number of rotatable bonds is 6. The van der Waals surface area contributed by atoms with Crippen molar-refractivity contribution in [3.63, 3.8) is 0 Å². The average Bonchev–Trinajstić information content (AvgIpc) is 2.61. The molecule has 0 aliphatic rings. The molecule has 2 aromatic heterocycles. The second-order valence-electron chi connectivity index (χ2n) is 4.93. The number of hydrogen-bond donors (Lipinski definition) is 2. The molecule has 0 aliphatic carbocycles. The minimum Gasteiger partial charge on any atom is -0.366 e. The molecule has 0 saturated heterocycles. The lowest BCUT2D eigenvalue weighted by atomic mass is 10.2. The third-order valence-corrected chi connectivity index (χ3v) is 3.25. The van der Waals surface area contributed by atoms with Crippen LogP contribution in [0.5, 0.6) is 0 Å². The molecule has 5 nitrogen and oxygen atoms in total. The van der Waals surface area contributed by atoms with Crippen LogP contribution in [0.2, 0.25) is 0 Å². The van der Waals surface area contributed by atoms with E-state index in [0.717, 1.165) is 5.56 Å². The zero-order valence-electron chi connectivity index (χ0n) is 12.4. The number of hydrogen-bond acceptors (Lipinski definition) is 5. The van der Waals surface area contributed by atoms with Gasteiger partial charge in [0.15, 0.2) is 0 Å². The van der Waals surface area contributed by atoms with Crippen molar-refractivity contribution in [3.05, 3.63) is 78.0 Å². The summed E-state index contributed by atoms with van der Waals surface area (Å²) in [5.41, 5.74) is 1.64. The molecule has 6 heteroatoms. The lowest BCUT2D eigenvalue weighted by Gasteiger charge is -2.09. The first-order valence-electron chi connectivity index (χ1n) is 7.24. The van der Waals surface area contributed by atoms with E-state index in [-0.39, 0.29) is 5.82 Å². The normalized spacial score (nSPS) is 10.3. The van der Waals surface area contributed by atoms with Crippen LogP contribution in [0.15, 0.2) is 61.1 Å². The molecule has 23 heavy (non-hydrogen) atoms. The molecule has 0 bridgehead atoms. The first-order valence-corrected chi connectivity index (χ1v) is 7.24. The van der Waals surface area contributed by atoms with E-state index in [1.165, 1.54) is 6.07 Å². The Hall–Kier alpha value is -3.02. The molecule has 1 aromatic carbocycles. The van der Waals surface area contributed by atoms with Crippen molar-refractivity contribution in [1.29, 1.82) is 0 Å². The molecule has 2 N–H and O–H groups in total. The summed E-state index contributed by atoms with van der Waals surface area (Å²) in [5, 5.41) is 6.23. The van der Waals surface area contributed by atoms with E-state index in [2.05, 4.69) is 25.6 Å². The van der Waals surface area contributed by atoms with Gasteiger partial charge in [0.05, 0.1) is 0 Å². The van der Waals surface area contributed by atoms with Crippen LogP contribution in [0, 0.1) is 5.82 Å². The molecule has 0 saturated carbocycles. The van der Waals surface area contributed by atoms with Gasteiger partial charge >= 0.3 is 0 Å². The Morgan fingerprint density at radius 2 is 1.83 bits per heavy atom. The number of nitrogens with one attached hydrogen (secondary N) is 2. The fraction of sp³-hybridized carbons (Fsp3) is 0.118. The maximum Gasteiger partial charge on any atom is 0.224 e. The summed E-state index contributed by atoms with van der Waals surface area (Å²) in [5.74, 6) is 0.898. The minimum atomic E-state index is -0.245. The van der Waals surface area contributed by atoms with Crippen LogP contribution >= 0.6 is 0 Å². The fourth-order valence-electron chi connectivity index (χ4n) is 2.05. The second-order valence-corrected chi connectivity index (χ2v) is 4.93. The third-order valence-electron chi connectivity index (χ3n) is 3.25. The van der Waals surface area contributed by atoms with Crippen molar-refractivity contribution < 1.29 is 4.39 Å². The summed E-state index contributed by atoms with van der Waals surface area (Å²) in [4.78, 5) is 12.6. The van der Waals surface area contributed by atoms with Gasteiger partial charge in [-0.3, -0.25) is 4.98 Å². The highest BCUT2D eigenvalue weighted by Gasteiger charge is 2.03. The standard InChI is InChI=1S/C17H16FN5/c18-15-6-2-1-5-14(15)12-22-17-20-9-7-16(23-17)21-11-13-4-3-8-19-10-13/h1-10H,11-12H2,(H2,20,21,22,23). The van der Waals surface area contributed by atoms with Crippen LogP contribution < -0.4 is 10.6 Å².